The summed E-state index contributed by atoms with van der Waals surface area (Å²) in [6, 6.07) is 14.1. The number of amides is 1. The van der Waals surface area contributed by atoms with Gasteiger partial charge in [-0.2, -0.15) is 0 Å². The zero-order chi connectivity index (χ0) is 21.8. The molecule has 0 saturated heterocycles. The summed E-state index contributed by atoms with van der Waals surface area (Å²) in [7, 11) is 1.66. The summed E-state index contributed by atoms with van der Waals surface area (Å²) >= 11 is 0. The normalized spacial score (nSPS) is 17.1. The molecule has 2 aromatic carbocycles. The molecule has 0 bridgehead atoms. The molecule has 1 amide bonds. The SMILES string of the molecule is COc1ccc2[nH]cc(CCNC(=O)[C@H](C)c3ccc(C[C@@H]4CCCC4=O)cc3)c2c1. The second kappa shape index (κ2) is 9.38. The molecule has 31 heavy (non-hydrogen) atoms. The quantitative estimate of drug-likeness (QED) is 0.564. The number of nitrogens with one attached hydrogen (secondary N) is 2. The van der Waals surface area contributed by atoms with Gasteiger partial charge in [0.1, 0.15) is 11.5 Å². The van der Waals surface area contributed by atoms with E-state index >= 15 is 0 Å². The fraction of sp³-hybridized carbons (Fsp3) is 0.385. The number of aromatic nitrogens is 1. The third-order valence-corrected chi connectivity index (χ3v) is 6.45. The minimum atomic E-state index is -0.217. The van der Waals surface area contributed by atoms with Crippen molar-refractivity contribution in [2.24, 2.45) is 5.92 Å². The minimum absolute atomic E-state index is 0.0242. The fourth-order valence-corrected chi connectivity index (χ4v) is 4.45. The van der Waals surface area contributed by atoms with E-state index in [2.05, 4.69) is 22.4 Å². The Kier molecular flexibility index (Phi) is 6.40. The van der Waals surface area contributed by atoms with Gasteiger partial charge in [-0.15, -0.1) is 0 Å². The summed E-state index contributed by atoms with van der Waals surface area (Å²) in [5.74, 6) is 1.20. The van der Waals surface area contributed by atoms with Gasteiger partial charge in [0.25, 0.3) is 0 Å². The lowest BCUT2D eigenvalue weighted by Crippen LogP contribution is -2.29. The number of hydrogen-bond acceptors (Lipinski definition) is 3. The van der Waals surface area contributed by atoms with Crippen molar-refractivity contribution in [3.8, 4) is 5.75 Å². The lowest BCUT2D eigenvalue weighted by molar-refractivity contribution is -0.122. The van der Waals surface area contributed by atoms with E-state index in [4.69, 9.17) is 4.74 Å². The van der Waals surface area contributed by atoms with Gasteiger partial charge in [0.15, 0.2) is 0 Å². The predicted octanol–water partition coefficient (Wildman–Crippen LogP) is 4.55. The number of aromatic amines is 1. The number of benzene rings is 2. The smallest absolute Gasteiger partial charge is 0.227 e. The van der Waals surface area contributed by atoms with Crippen LogP contribution in [0.3, 0.4) is 0 Å². The highest BCUT2D eigenvalue weighted by atomic mass is 16.5. The van der Waals surface area contributed by atoms with Crippen LogP contribution in [0.1, 0.15) is 48.8 Å². The number of hydrogen-bond donors (Lipinski definition) is 2. The molecular formula is C26H30N2O3. The molecule has 162 valence electrons. The maximum Gasteiger partial charge on any atom is 0.227 e. The van der Waals surface area contributed by atoms with E-state index in [1.807, 2.05) is 43.5 Å². The van der Waals surface area contributed by atoms with Gasteiger partial charge in [-0.1, -0.05) is 24.3 Å². The van der Waals surface area contributed by atoms with Crippen molar-refractivity contribution < 1.29 is 14.3 Å². The van der Waals surface area contributed by atoms with Crippen molar-refractivity contribution in [2.75, 3.05) is 13.7 Å². The molecule has 4 rings (SSSR count). The highest BCUT2D eigenvalue weighted by Gasteiger charge is 2.24. The monoisotopic (exact) mass is 418 g/mol. The van der Waals surface area contributed by atoms with Gasteiger partial charge in [0.05, 0.1) is 13.0 Å². The van der Waals surface area contributed by atoms with Crippen LogP contribution in [0.4, 0.5) is 0 Å². The Balaban J connectivity index is 1.31. The average molecular weight is 419 g/mol. The van der Waals surface area contributed by atoms with Crippen LogP contribution in [0.5, 0.6) is 5.75 Å². The van der Waals surface area contributed by atoms with Crippen LogP contribution in [-0.4, -0.2) is 30.3 Å². The van der Waals surface area contributed by atoms with E-state index < -0.39 is 0 Å². The van der Waals surface area contributed by atoms with Crippen molar-refractivity contribution in [3.63, 3.8) is 0 Å². The van der Waals surface area contributed by atoms with Crippen LogP contribution in [0.2, 0.25) is 0 Å². The molecule has 3 aromatic rings. The summed E-state index contributed by atoms with van der Waals surface area (Å²) in [6.45, 7) is 2.51. The van der Waals surface area contributed by atoms with Gasteiger partial charge in [-0.05, 0) is 67.5 Å². The molecule has 0 unspecified atom stereocenters. The highest BCUT2D eigenvalue weighted by Crippen LogP contribution is 2.26. The Bertz CT molecular complexity index is 1070. The molecule has 1 aliphatic rings. The van der Waals surface area contributed by atoms with E-state index in [0.717, 1.165) is 59.9 Å². The van der Waals surface area contributed by atoms with E-state index in [-0.39, 0.29) is 17.7 Å². The van der Waals surface area contributed by atoms with E-state index in [9.17, 15) is 9.59 Å². The Morgan fingerprint density at radius 2 is 2.03 bits per heavy atom. The van der Waals surface area contributed by atoms with Crippen molar-refractivity contribution >= 4 is 22.6 Å². The third kappa shape index (κ3) is 4.82. The lowest BCUT2D eigenvalue weighted by atomic mass is 9.94. The third-order valence-electron chi connectivity index (χ3n) is 6.45. The fourth-order valence-electron chi connectivity index (χ4n) is 4.45. The number of Topliss-reactive ketones (excluding diaryl/α,β-unsaturated/α-hetero) is 1. The largest absolute Gasteiger partial charge is 0.497 e. The molecule has 5 heteroatoms. The number of rotatable bonds is 8. The molecule has 1 saturated carbocycles. The van der Waals surface area contributed by atoms with Gasteiger partial charge >= 0.3 is 0 Å². The molecule has 0 aliphatic heterocycles. The van der Waals surface area contributed by atoms with Crippen molar-refractivity contribution in [1.29, 1.82) is 0 Å². The summed E-state index contributed by atoms with van der Waals surface area (Å²) in [5.41, 5.74) is 4.39. The van der Waals surface area contributed by atoms with Crippen molar-refractivity contribution in [2.45, 2.75) is 44.9 Å². The number of carbonyl (C=O) groups is 2. The van der Waals surface area contributed by atoms with Gasteiger partial charge < -0.3 is 15.0 Å². The summed E-state index contributed by atoms with van der Waals surface area (Å²) in [6.07, 6.45) is 6.31. The standard InChI is InChI=1S/C26H30N2O3/c1-17(19-8-6-18(7-9-19)14-20-4-3-5-25(20)29)26(30)27-13-12-21-16-28-24-11-10-22(31-2)15-23(21)24/h6-11,15-17,20,28H,3-5,12-14H2,1-2H3,(H,27,30)/t17-,20+/m1/s1. The molecule has 1 heterocycles. The van der Waals surface area contributed by atoms with E-state index in [0.29, 0.717) is 12.3 Å². The zero-order valence-electron chi connectivity index (χ0n) is 18.2. The van der Waals surface area contributed by atoms with Crippen LogP contribution < -0.4 is 10.1 Å². The number of H-pyrrole nitrogens is 1. The van der Waals surface area contributed by atoms with Crippen LogP contribution in [0.15, 0.2) is 48.7 Å². The first-order valence-electron chi connectivity index (χ1n) is 11.1. The first-order valence-corrected chi connectivity index (χ1v) is 11.1. The molecule has 5 nitrogen and oxygen atoms in total. The van der Waals surface area contributed by atoms with Crippen molar-refractivity contribution in [1.82, 2.24) is 10.3 Å². The second-order valence-corrected chi connectivity index (χ2v) is 8.49. The highest BCUT2D eigenvalue weighted by molar-refractivity contribution is 5.85. The average Bonchev–Trinajstić information content (AvgIpc) is 3.39. The summed E-state index contributed by atoms with van der Waals surface area (Å²) in [4.78, 5) is 27.8. The minimum Gasteiger partial charge on any atom is -0.497 e. The number of fused-ring (bicyclic) bond motifs is 1. The molecular weight excluding hydrogens is 388 g/mol. The second-order valence-electron chi connectivity index (χ2n) is 8.49. The molecule has 2 atom stereocenters. The van der Waals surface area contributed by atoms with Crippen LogP contribution >= 0.6 is 0 Å². The van der Waals surface area contributed by atoms with E-state index in [1.54, 1.807) is 7.11 Å². The summed E-state index contributed by atoms with van der Waals surface area (Å²) in [5, 5.41) is 4.19. The van der Waals surface area contributed by atoms with E-state index in [1.165, 1.54) is 5.56 Å². The zero-order valence-corrected chi connectivity index (χ0v) is 18.2. The molecule has 0 spiro atoms. The van der Waals surface area contributed by atoms with Gasteiger partial charge in [-0.25, -0.2) is 0 Å². The molecule has 1 aliphatic carbocycles. The molecule has 1 aromatic heterocycles. The van der Waals surface area contributed by atoms with Gasteiger partial charge in [0, 0.05) is 36.0 Å². The van der Waals surface area contributed by atoms with Gasteiger partial charge in [-0.3, -0.25) is 9.59 Å². The Morgan fingerprint density at radius 1 is 1.23 bits per heavy atom. The first-order chi connectivity index (χ1) is 15.0. The molecule has 0 radical (unpaired) electrons. The number of ketones is 1. The Labute approximate surface area is 183 Å². The van der Waals surface area contributed by atoms with Crippen LogP contribution in [0, 0.1) is 5.92 Å². The topological polar surface area (TPSA) is 71.2 Å². The first kappa shape index (κ1) is 21.2. The predicted molar refractivity (Wildman–Crippen MR) is 122 cm³/mol. The van der Waals surface area contributed by atoms with Crippen LogP contribution in [-0.2, 0) is 22.4 Å². The maximum atomic E-state index is 12.7. The Morgan fingerprint density at radius 3 is 2.74 bits per heavy atom. The lowest BCUT2D eigenvalue weighted by Gasteiger charge is -2.14. The van der Waals surface area contributed by atoms with Crippen molar-refractivity contribution in [3.05, 3.63) is 65.4 Å². The maximum absolute atomic E-state index is 12.7. The number of methoxy groups -OCH3 is 1. The molecule has 1 fully saturated rings. The number of ether oxygens (including phenoxy) is 1. The molecule has 2 N–H and O–H groups in total. The van der Waals surface area contributed by atoms with Gasteiger partial charge in [0.2, 0.25) is 5.91 Å². The number of carbonyl (C=O) groups excluding carboxylic acids is 2. The van der Waals surface area contributed by atoms with Crippen LogP contribution in [0.25, 0.3) is 10.9 Å². The Hall–Kier alpha value is -3.08. The summed E-state index contributed by atoms with van der Waals surface area (Å²) < 4.78 is 5.32.